The molecule has 0 spiro atoms. The molecule has 1 N–H and O–H groups in total. The van der Waals surface area contributed by atoms with Crippen LogP contribution in [0.3, 0.4) is 0 Å². The van der Waals surface area contributed by atoms with E-state index in [1.54, 1.807) is 26.8 Å². The van der Waals surface area contributed by atoms with Crippen molar-refractivity contribution in [2.24, 2.45) is 0 Å². The number of anilines is 1. The summed E-state index contributed by atoms with van der Waals surface area (Å²) < 4.78 is 10.4. The molecular formula is C19H27NO4. The molecule has 0 fully saturated rings. The van der Waals surface area contributed by atoms with Crippen molar-refractivity contribution in [1.82, 2.24) is 0 Å². The number of nitrogens with one attached hydrogen (secondary N) is 1. The smallest absolute Gasteiger partial charge is 0.412 e. The maximum atomic E-state index is 12.0. The van der Waals surface area contributed by atoms with E-state index in [2.05, 4.69) is 5.32 Å². The fourth-order valence-electron chi connectivity index (χ4n) is 1.93. The summed E-state index contributed by atoms with van der Waals surface area (Å²) in [5.41, 5.74) is 1.63. The second-order valence-electron chi connectivity index (χ2n) is 6.52. The van der Waals surface area contributed by atoms with E-state index in [1.165, 1.54) is 6.08 Å². The van der Waals surface area contributed by atoms with Crippen LogP contribution in [0.25, 0.3) is 6.08 Å². The minimum atomic E-state index is -0.578. The van der Waals surface area contributed by atoms with Crippen LogP contribution in [0.5, 0.6) is 0 Å². The molecule has 5 nitrogen and oxygen atoms in total. The van der Waals surface area contributed by atoms with Crippen LogP contribution in [0.2, 0.25) is 0 Å². The number of hydrogen-bond acceptors (Lipinski definition) is 4. The first-order valence-electron chi connectivity index (χ1n) is 8.17. The van der Waals surface area contributed by atoms with Crippen molar-refractivity contribution < 1.29 is 19.1 Å². The Morgan fingerprint density at radius 1 is 1.25 bits per heavy atom. The standard InChI is InChI=1S/C19H27NO4/c1-6-7-13-23-16(21)12-11-15-10-8-9-14(2)17(15)20-18(22)24-19(3,4)5/h8-12H,6-7,13H2,1-5H3,(H,20,22)/b12-11+. The number of aryl methyl sites for hydroxylation is 1. The number of carbonyl (C=O) groups excluding carboxylic acids is 2. The molecular weight excluding hydrogens is 306 g/mol. The van der Waals surface area contributed by atoms with E-state index in [9.17, 15) is 9.59 Å². The first-order valence-corrected chi connectivity index (χ1v) is 8.17. The van der Waals surface area contributed by atoms with Gasteiger partial charge >= 0.3 is 12.1 Å². The normalized spacial score (nSPS) is 11.4. The van der Waals surface area contributed by atoms with Crippen LogP contribution in [0.15, 0.2) is 24.3 Å². The SMILES string of the molecule is CCCCOC(=O)/C=C/c1cccc(C)c1NC(=O)OC(C)(C)C. The predicted octanol–water partition coefficient (Wildman–Crippen LogP) is 4.70. The zero-order valence-corrected chi connectivity index (χ0v) is 15.1. The van der Waals surface area contributed by atoms with Gasteiger partial charge in [-0.1, -0.05) is 31.5 Å². The largest absolute Gasteiger partial charge is 0.463 e. The van der Waals surface area contributed by atoms with Crippen LogP contribution in [-0.2, 0) is 14.3 Å². The van der Waals surface area contributed by atoms with E-state index < -0.39 is 17.7 Å². The molecule has 0 radical (unpaired) electrons. The quantitative estimate of drug-likeness (QED) is 0.465. The van der Waals surface area contributed by atoms with Gasteiger partial charge in [-0.25, -0.2) is 9.59 Å². The van der Waals surface area contributed by atoms with E-state index in [-0.39, 0.29) is 0 Å². The highest BCUT2D eigenvalue weighted by Gasteiger charge is 2.17. The highest BCUT2D eigenvalue weighted by molar-refractivity contribution is 5.92. The van der Waals surface area contributed by atoms with Crippen LogP contribution in [0, 0.1) is 6.92 Å². The number of esters is 1. The molecule has 1 rings (SSSR count). The Labute approximate surface area is 144 Å². The molecule has 0 aliphatic rings. The van der Waals surface area contributed by atoms with Gasteiger partial charge in [-0.15, -0.1) is 0 Å². The highest BCUT2D eigenvalue weighted by Crippen LogP contribution is 2.23. The number of ether oxygens (including phenoxy) is 2. The maximum Gasteiger partial charge on any atom is 0.412 e. The summed E-state index contributed by atoms with van der Waals surface area (Å²) >= 11 is 0. The molecule has 0 heterocycles. The lowest BCUT2D eigenvalue weighted by molar-refractivity contribution is -0.137. The number of unbranched alkanes of at least 4 members (excludes halogenated alkanes) is 1. The van der Waals surface area contributed by atoms with E-state index >= 15 is 0 Å². The predicted molar refractivity (Wildman–Crippen MR) is 95.9 cm³/mol. The molecule has 1 aromatic rings. The lowest BCUT2D eigenvalue weighted by atomic mass is 10.1. The molecule has 5 heteroatoms. The summed E-state index contributed by atoms with van der Waals surface area (Å²) in [5.74, 6) is -0.395. The number of amides is 1. The third kappa shape index (κ3) is 7.31. The maximum absolute atomic E-state index is 12.0. The van der Waals surface area contributed by atoms with Gasteiger partial charge in [-0.05, 0) is 51.3 Å². The average Bonchev–Trinajstić information content (AvgIpc) is 2.46. The monoisotopic (exact) mass is 333 g/mol. The lowest BCUT2D eigenvalue weighted by Gasteiger charge is -2.20. The van der Waals surface area contributed by atoms with E-state index in [1.807, 2.05) is 32.0 Å². The summed E-state index contributed by atoms with van der Waals surface area (Å²) in [5, 5.41) is 2.75. The van der Waals surface area contributed by atoms with Crippen LogP contribution in [0.1, 0.15) is 51.7 Å². The first-order chi connectivity index (χ1) is 11.2. The Bertz CT molecular complexity index is 600. The number of hydrogen-bond donors (Lipinski definition) is 1. The van der Waals surface area contributed by atoms with Crippen molar-refractivity contribution in [2.75, 3.05) is 11.9 Å². The molecule has 1 aromatic carbocycles. The fourth-order valence-corrected chi connectivity index (χ4v) is 1.93. The van der Waals surface area contributed by atoms with Crippen molar-refractivity contribution in [3.63, 3.8) is 0 Å². The number of benzene rings is 1. The minimum absolute atomic E-state index is 0.395. The topological polar surface area (TPSA) is 64.6 Å². The minimum Gasteiger partial charge on any atom is -0.463 e. The van der Waals surface area contributed by atoms with Crippen molar-refractivity contribution in [2.45, 2.75) is 53.1 Å². The van der Waals surface area contributed by atoms with Gasteiger partial charge < -0.3 is 9.47 Å². The van der Waals surface area contributed by atoms with Gasteiger partial charge in [0, 0.05) is 6.08 Å². The Kier molecular flexibility index (Phi) is 7.49. The summed E-state index contributed by atoms with van der Waals surface area (Å²) in [6.45, 7) is 9.73. The third-order valence-corrected chi connectivity index (χ3v) is 3.07. The van der Waals surface area contributed by atoms with Crippen LogP contribution in [-0.4, -0.2) is 24.3 Å². The number of rotatable bonds is 6. The zero-order valence-electron chi connectivity index (χ0n) is 15.1. The Morgan fingerprint density at radius 3 is 2.58 bits per heavy atom. The van der Waals surface area contributed by atoms with Gasteiger partial charge in [0.05, 0.1) is 12.3 Å². The summed E-state index contributed by atoms with van der Waals surface area (Å²) in [6.07, 6.45) is 4.28. The third-order valence-electron chi connectivity index (χ3n) is 3.07. The highest BCUT2D eigenvalue weighted by atomic mass is 16.6. The molecule has 0 aliphatic carbocycles. The molecule has 0 saturated heterocycles. The summed E-state index contributed by atoms with van der Waals surface area (Å²) in [6, 6.07) is 5.55. The molecule has 1 amide bonds. The zero-order chi connectivity index (χ0) is 18.2. The first kappa shape index (κ1) is 19.7. The second kappa shape index (κ2) is 9.11. The second-order valence-corrected chi connectivity index (χ2v) is 6.52. The van der Waals surface area contributed by atoms with Gasteiger partial charge in [0.1, 0.15) is 5.60 Å². The Hall–Kier alpha value is -2.30. The Balaban J connectivity index is 2.83. The van der Waals surface area contributed by atoms with E-state index in [0.29, 0.717) is 17.9 Å². The van der Waals surface area contributed by atoms with Crippen molar-refractivity contribution in [3.05, 3.63) is 35.4 Å². The molecule has 0 unspecified atom stereocenters. The molecule has 0 bridgehead atoms. The van der Waals surface area contributed by atoms with Crippen molar-refractivity contribution >= 4 is 23.8 Å². The van der Waals surface area contributed by atoms with E-state index in [4.69, 9.17) is 9.47 Å². The molecule has 132 valence electrons. The molecule has 0 aliphatic heterocycles. The summed E-state index contributed by atoms with van der Waals surface area (Å²) in [7, 11) is 0. The van der Waals surface area contributed by atoms with Crippen molar-refractivity contribution in [1.29, 1.82) is 0 Å². The number of para-hydroxylation sites is 1. The van der Waals surface area contributed by atoms with Gasteiger partial charge in [-0.2, -0.15) is 0 Å². The lowest BCUT2D eigenvalue weighted by Crippen LogP contribution is -2.27. The van der Waals surface area contributed by atoms with Gasteiger partial charge in [-0.3, -0.25) is 5.32 Å². The average molecular weight is 333 g/mol. The van der Waals surface area contributed by atoms with Gasteiger partial charge in [0.2, 0.25) is 0 Å². The van der Waals surface area contributed by atoms with Gasteiger partial charge in [0.25, 0.3) is 0 Å². The molecule has 0 aromatic heterocycles. The molecule has 0 saturated carbocycles. The molecule has 0 atom stereocenters. The van der Waals surface area contributed by atoms with Gasteiger partial charge in [0.15, 0.2) is 0 Å². The Morgan fingerprint density at radius 2 is 1.96 bits per heavy atom. The van der Waals surface area contributed by atoms with Crippen LogP contribution in [0.4, 0.5) is 10.5 Å². The van der Waals surface area contributed by atoms with E-state index in [0.717, 1.165) is 18.4 Å². The molecule has 24 heavy (non-hydrogen) atoms. The number of carbonyl (C=O) groups is 2. The fraction of sp³-hybridized carbons (Fsp3) is 0.474. The van der Waals surface area contributed by atoms with Crippen LogP contribution >= 0.6 is 0 Å². The van der Waals surface area contributed by atoms with Crippen molar-refractivity contribution in [3.8, 4) is 0 Å². The van der Waals surface area contributed by atoms with Crippen LogP contribution < -0.4 is 5.32 Å². The summed E-state index contributed by atoms with van der Waals surface area (Å²) in [4.78, 5) is 23.7.